The molecule has 3 aliphatic rings. The van der Waals surface area contributed by atoms with E-state index in [4.69, 9.17) is 0 Å². The molecule has 0 bridgehead atoms. The number of rotatable bonds is 4. The summed E-state index contributed by atoms with van der Waals surface area (Å²) in [6, 6.07) is 6.00. The van der Waals surface area contributed by atoms with Crippen LogP contribution in [0.25, 0.3) is 0 Å². The van der Waals surface area contributed by atoms with E-state index in [1.165, 1.54) is 25.0 Å². The molecule has 5 rings (SSSR count). The van der Waals surface area contributed by atoms with Gasteiger partial charge < -0.3 is 9.80 Å². The molecule has 32 heavy (non-hydrogen) atoms. The van der Waals surface area contributed by atoms with Gasteiger partial charge in [-0.1, -0.05) is 12.1 Å². The number of benzene rings is 1. The molecule has 170 valence electrons. The van der Waals surface area contributed by atoms with Gasteiger partial charge in [-0.2, -0.15) is 0 Å². The summed E-state index contributed by atoms with van der Waals surface area (Å²) in [5, 5.41) is 0. The summed E-state index contributed by atoms with van der Waals surface area (Å²) in [6.45, 7) is 1.49. The van der Waals surface area contributed by atoms with Crippen molar-refractivity contribution in [2.75, 3.05) is 36.0 Å². The zero-order valence-corrected chi connectivity index (χ0v) is 18.7. The number of halogens is 1. The maximum Gasteiger partial charge on any atom is 0.226 e. The fourth-order valence-corrected chi connectivity index (χ4v) is 6.21. The standard InChI is InChI=1S/C23H27FN4O3S/c24-20-3-1-2-18(12-20)21-15-27(23-25-13-19(14-26-23)16-4-5-16)8-9-28(21)22(29)17-6-10-32(30,31)11-7-17/h1-3,12-14,16-17,21H,4-11,15H2. The molecule has 3 heterocycles. The van der Waals surface area contributed by atoms with Gasteiger partial charge in [0.15, 0.2) is 0 Å². The first-order chi connectivity index (χ1) is 15.4. The van der Waals surface area contributed by atoms with Gasteiger partial charge in [0.05, 0.1) is 17.5 Å². The fourth-order valence-electron chi connectivity index (χ4n) is 4.72. The Morgan fingerprint density at radius 2 is 1.72 bits per heavy atom. The van der Waals surface area contributed by atoms with Crippen LogP contribution in [-0.4, -0.2) is 60.3 Å². The van der Waals surface area contributed by atoms with E-state index in [0.717, 1.165) is 11.1 Å². The van der Waals surface area contributed by atoms with Crippen molar-refractivity contribution in [1.29, 1.82) is 0 Å². The third-order valence-corrected chi connectivity index (χ3v) is 8.51. The van der Waals surface area contributed by atoms with E-state index >= 15 is 0 Å². The first-order valence-electron chi connectivity index (χ1n) is 11.2. The highest BCUT2D eigenvalue weighted by Crippen LogP contribution is 2.39. The number of carbonyl (C=O) groups excluding carboxylic acids is 1. The molecule has 2 saturated heterocycles. The number of hydrogen-bond donors (Lipinski definition) is 0. The summed E-state index contributed by atoms with van der Waals surface area (Å²) in [6.07, 6.45) is 6.85. The largest absolute Gasteiger partial charge is 0.337 e. The van der Waals surface area contributed by atoms with Gasteiger partial charge in [0.2, 0.25) is 11.9 Å². The zero-order valence-electron chi connectivity index (χ0n) is 17.9. The summed E-state index contributed by atoms with van der Waals surface area (Å²) in [5.74, 6) is 0.601. The van der Waals surface area contributed by atoms with Crippen molar-refractivity contribution in [2.45, 2.75) is 37.6 Å². The van der Waals surface area contributed by atoms with E-state index in [1.807, 2.05) is 23.4 Å². The lowest BCUT2D eigenvalue weighted by molar-refractivity contribution is -0.138. The van der Waals surface area contributed by atoms with E-state index in [9.17, 15) is 17.6 Å². The molecule has 2 aliphatic heterocycles. The number of amides is 1. The van der Waals surface area contributed by atoms with Gasteiger partial charge >= 0.3 is 0 Å². The van der Waals surface area contributed by atoms with Crippen LogP contribution in [0.4, 0.5) is 10.3 Å². The predicted molar refractivity (Wildman–Crippen MR) is 118 cm³/mol. The van der Waals surface area contributed by atoms with Gasteiger partial charge in [0, 0.05) is 37.9 Å². The molecule has 0 spiro atoms. The van der Waals surface area contributed by atoms with Gasteiger partial charge in [-0.25, -0.2) is 22.8 Å². The number of aromatic nitrogens is 2. The minimum Gasteiger partial charge on any atom is -0.337 e. The molecule has 3 fully saturated rings. The molecule has 1 aliphatic carbocycles. The molecule has 1 aromatic heterocycles. The summed E-state index contributed by atoms with van der Waals surface area (Å²) >= 11 is 0. The normalized spacial score (nSPS) is 23.8. The minimum absolute atomic E-state index is 0.0428. The maximum atomic E-state index is 14.0. The number of anilines is 1. The van der Waals surface area contributed by atoms with E-state index < -0.39 is 9.84 Å². The van der Waals surface area contributed by atoms with Crippen LogP contribution in [-0.2, 0) is 14.6 Å². The molecule has 7 nitrogen and oxygen atoms in total. The van der Waals surface area contributed by atoms with Crippen LogP contribution in [0.3, 0.4) is 0 Å². The van der Waals surface area contributed by atoms with Crippen molar-refractivity contribution >= 4 is 21.7 Å². The number of carbonyl (C=O) groups is 1. The highest BCUT2D eigenvalue weighted by molar-refractivity contribution is 7.91. The Balaban J connectivity index is 1.38. The fraction of sp³-hybridized carbons (Fsp3) is 0.522. The quantitative estimate of drug-likeness (QED) is 0.701. The molecular formula is C23H27FN4O3S. The van der Waals surface area contributed by atoms with E-state index in [0.29, 0.717) is 44.3 Å². The second-order valence-corrected chi connectivity index (χ2v) is 11.4. The van der Waals surface area contributed by atoms with E-state index in [2.05, 4.69) is 9.97 Å². The molecule has 9 heteroatoms. The van der Waals surface area contributed by atoms with E-state index in [1.54, 1.807) is 11.0 Å². The second kappa shape index (κ2) is 8.42. The van der Waals surface area contributed by atoms with E-state index in [-0.39, 0.29) is 35.2 Å². The lowest BCUT2D eigenvalue weighted by atomic mass is 9.96. The first-order valence-corrected chi connectivity index (χ1v) is 13.0. The number of piperazine rings is 1. The molecule has 1 amide bonds. The summed E-state index contributed by atoms with van der Waals surface area (Å²) in [7, 11) is -3.05. The van der Waals surface area contributed by atoms with Crippen molar-refractivity contribution in [3.8, 4) is 0 Å². The van der Waals surface area contributed by atoms with Crippen molar-refractivity contribution in [3.63, 3.8) is 0 Å². The monoisotopic (exact) mass is 458 g/mol. The third kappa shape index (κ3) is 4.48. The average Bonchev–Trinajstić information content (AvgIpc) is 3.64. The van der Waals surface area contributed by atoms with Crippen molar-refractivity contribution in [2.24, 2.45) is 5.92 Å². The summed E-state index contributed by atoms with van der Waals surface area (Å²) in [4.78, 5) is 26.3. The van der Waals surface area contributed by atoms with Crippen LogP contribution in [0, 0.1) is 11.7 Å². The van der Waals surface area contributed by atoms with Crippen LogP contribution in [0.15, 0.2) is 36.7 Å². The first kappa shape index (κ1) is 21.3. The molecule has 0 radical (unpaired) electrons. The Labute approximate surface area is 187 Å². The zero-order chi connectivity index (χ0) is 22.3. The summed E-state index contributed by atoms with van der Waals surface area (Å²) in [5.41, 5.74) is 1.89. The molecular weight excluding hydrogens is 431 g/mol. The van der Waals surface area contributed by atoms with Gasteiger partial charge in [-0.3, -0.25) is 4.79 Å². The van der Waals surface area contributed by atoms with Gasteiger partial charge in [0.25, 0.3) is 0 Å². The Morgan fingerprint density at radius 1 is 1.00 bits per heavy atom. The topological polar surface area (TPSA) is 83.5 Å². The molecule has 0 N–H and O–H groups in total. The number of hydrogen-bond acceptors (Lipinski definition) is 6. The lowest BCUT2D eigenvalue weighted by Crippen LogP contribution is -2.53. The summed E-state index contributed by atoms with van der Waals surface area (Å²) < 4.78 is 37.6. The lowest BCUT2D eigenvalue weighted by Gasteiger charge is -2.43. The molecule has 1 atom stereocenters. The Bertz CT molecular complexity index is 1090. The van der Waals surface area contributed by atoms with Crippen molar-refractivity contribution in [1.82, 2.24) is 14.9 Å². The van der Waals surface area contributed by atoms with Crippen LogP contribution < -0.4 is 4.90 Å². The SMILES string of the molecule is O=C(C1CCS(=O)(=O)CC1)N1CCN(c2ncc(C3CC3)cn2)CC1c1cccc(F)c1. The Kier molecular flexibility index (Phi) is 5.61. The Hall–Kier alpha value is -2.55. The highest BCUT2D eigenvalue weighted by Gasteiger charge is 2.38. The van der Waals surface area contributed by atoms with Crippen LogP contribution in [0.2, 0.25) is 0 Å². The highest BCUT2D eigenvalue weighted by atomic mass is 32.2. The van der Waals surface area contributed by atoms with Gasteiger partial charge in [-0.15, -0.1) is 0 Å². The molecule has 1 saturated carbocycles. The van der Waals surface area contributed by atoms with Gasteiger partial charge in [0.1, 0.15) is 15.7 Å². The second-order valence-electron chi connectivity index (χ2n) is 9.07. The molecule has 1 aromatic carbocycles. The molecule has 2 aromatic rings. The van der Waals surface area contributed by atoms with Crippen LogP contribution in [0.5, 0.6) is 0 Å². The number of nitrogens with zero attached hydrogens (tertiary/aromatic N) is 4. The molecule has 1 unspecified atom stereocenters. The third-order valence-electron chi connectivity index (χ3n) is 6.79. The predicted octanol–water partition coefficient (Wildman–Crippen LogP) is 2.71. The Morgan fingerprint density at radius 3 is 2.38 bits per heavy atom. The van der Waals surface area contributed by atoms with Crippen LogP contribution >= 0.6 is 0 Å². The van der Waals surface area contributed by atoms with Gasteiger partial charge in [-0.05, 0) is 54.9 Å². The van der Waals surface area contributed by atoms with Crippen molar-refractivity contribution < 1.29 is 17.6 Å². The smallest absolute Gasteiger partial charge is 0.226 e. The van der Waals surface area contributed by atoms with Crippen LogP contribution in [0.1, 0.15) is 48.8 Å². The number of sulfone groups is 1. The average molecular weight is 459 g/mol. The minimum atomic E-state index is -3.05. The maximum absolute atomic E-state index is 14.0. The van der Waals surface area contributed by atoms with Crippen molar-refractivity contribution in [3.05, 3.63) is 53.6 Å².